The van der Waals surface area contributed by atoms with Crippen LogP contribution in [0.3, 0.4) is 0 Å². The van der Waals surface area contributed by atoms with E-state index < -0.39 is 11.9 Å². The van der Waals surface area contributed by atoms with Gasteiger partial charge in [0.25, 0.3) is 11.8 Å². The summed E-state index contributed by atoms with van der Waals surface area (Å²) in [6.07, 6.45) is 0.484. The highest BCUT2D eigenvalue weighted by Crippen LogP contribution is 2.35. The molecule has 1 aliphatic rings. The van der Waals surface area contributed by atoms with Crippen molar-refractivity contribution >= 4 is 40.6 Å². The quantitative estimate of drug-likeness (QED) is 0.171. The lowest BCUT2D eigenvalue weighted by atomic mass is 10.0. The van der Waals surface area contributed by atoms with Crippen molar-refractivity contribution in [1.29, 1.82) is 0 Å². The van der Waals surface area contributed by atoms with Crippen LogP contribution in [0.25, 0.3) is 5.69 Å². The molecule has 0 aliphatic carbocycles. The third kappa shape index (κ3) is 7.03. The smallest absolute Gasteiger partial charge is 0.253 e. The van der Waals surface area contributed by atoms with Gasteiger partial charge in [-0.15, -0.1) is 21.5 Å². The second-order valence-electron chi connectivity index (χ2n) is 10.3. The van der Waals surface area contributed by atoms with Gasteiger partial charge in [-0.2, -0.15) is 5.10 Å². The Morgan fingerprint density at radius 1 is 0.957 bits per heavy atom. The number of hydrazone groups is 1. The standard InChI is InChI=1S/C33H28F2N6O4S2/c1-44-27-14-7-21(16-28(27)45-2)32(43)36-18-30-37-38-33(40(30)24-12-10-23(35)11-13-24)47-19-31(42)41-26(20-5-8-22(34)9-6-20)17-25(39-41)29-4-3-15-46-29/h3-16,26H,17-19H2,1-2H3,(H,36,43)/t26-/m0/s1. The van der Waals surface area contributed by atoms with Gasteiger partial charge in [0.2, 0.25) is 0 Å². The number of ether oxygens (including phenoxy) is 2. The third-order valence-electron chi connectivity index (χ3n) is 7.39. The molecule has 3 heterocycles. The van der Waals surface area contributed by atoms with Crippen LogP contribution in [-0.2, 0) is 11.3 Å². The Labute approximate surface area is 277 Å². The molecule has 2 aromatic heterocycles. The molecule has 0 fully saturated rings. The van der Waals surface area contributed by atoms with E-state index in [9.17, 15) is 18.4 Å². The molecule has 1 atom stereocenters. The summed E-state index contributed by atoms with van der Waals surface area (Å²) in [6.45, 7) is -0.0146. The van der Waals surface area contributed by atoms with Crippen molar-refractivity contribution < 1.29 is 27.8 Å². The van der Waals surface area contributed by atoms with E-state index in [4.69, 9.17) is 9.47 Å². The van der Waals surface area contributed by atoms with Crippen molar-refractivity contribution in [2.45, 2.75) is 24.2 Å². The van der Waals surface area contributed by atoms with Gasteiger partial charge in [0.05, 0.1) is 43.1 Å². The van der Waals surface area contributed by atoms with E-state index in [0.29, 0.717) is 40.2 Å². The van der Waals surface area contributed by atoms with Gasteiger partial charge < -0.3 is 14.8 Å². The number of methoxy groups -OCH3 is 2. The Hall–Kier alpha value is -5.08. The van der Waals surface area contributed by atoms with E-state index in [0.717, 1.165) is 27.9 Å². The van der Waals surface area contributed by atoms with E-state index in [2.05, 4.69) is 20.6 Å². The van der Waals surface area contributed by atoms with Crippen molar-refractivity contribution in [2.75, 3.05) is 20.0 Å². The van der Waals surface area contributed by atoms with E-state index in [-0.39, 0.29) is 29.9 Å². The maximum absolute atomic E-state index is 13.8. The molecular formula is C33H28F2N6O4S2. The van der Waals surface area contributed by atoms with Gasteiger partial charge in [-0.3, -0.25) is 14.2 Å². The molecule has 0 bridgehead atoms. The minimum atomic E-state index is -0.421. The van der Waals surface area contributed by atoms with E-state index in [1.165, 1.54) is 54.8 Å². The Kier molecular flexibility index (Phi) is 9.59. The SMILES string of the molecule is COc1ccc(C(=O)NCc2nnc(SCC(=O)N3N=C(c4cccs4)C[C@H]3c3ccc(F)cc3)n2-c2ccc(F)cc2)cc1OC. The van der Waals surface area contributed by atoms with Crippen LogP contribution < -0.4 is 14.8 Å². The molecule has 2 amide bonds. The fraction of sp³-hybridized carbons (Fsp3) is 0.182. The number of nitrogens with one attached hydrogen (secondary N) is 1. The summed E-state index contributed by atoms with van der Waals surface area (Å²) in [5.41, 5.74) is 2.43. The zero-order valence-electron chi connectivity index (χ0n) is 25.2. The Morgan fingerprint density at radius 3 is 2.36 bits per heavy atom. The lowest BCUT2D eigenvalue weighted by molar-refractivity contribution is -0.130. The molecule has 6 rings (SSSR count). The third-order valence-corrected chi connectivity index (χ3v) is 9.22. The first-order valence-corrected chi connectivity index (χ1v) is 16.2. The van der Waals surface area contributed by atoms with Crippen molar-refractivity contribution in [3.63, 3.8) is 0 Å². The normalized spacial score (nSPS) is 14.2. The number of halogens is 2. The topological polar surface area (TPSA) is 111 Å². The zero-order chi connectivity index (χ0) is 32.9. The van der Waals surface area contributed by atoms with Crippen LogP contribution >= 0.6 is 23.1 Å². The molecule has 0 radical (unpaired) electrons. The van der Waals surface area contributed by atoms with Crippen molar-refractivity contribution in [3.05, 3.63) is 118 Å². The number of hydrogen-bond donors (Lipinski definition) is 1. The van der Waals surface area contributed by atoms with Gasteiger partial charge in [-0.05, 0) is 71.6 Å². The summed E-state index contributed by atoms with van der Waals surface area (Å²) >= 11 is 2.67. The highest BCUT2D eigenvalue weighted by atomic mass is 32.2. The number of thioether (sulfide) groups is 1. The molecule has 240 valence electrons. The second-order valence-corrected chi connectivity index (χ2v) is 12.2. The van der Waals surface area contributed by atoms with Gasteiger partial charge in [0.15, 0.2) is 22.5 Å². The Morgan fingerprint density at radius 2 is 1.68 bits per heavy atom. The first-order chi connectivity index (χ1) is 22.8. The fourth-order valence-electron chi connectivity index (χ4n) is 5.07. The van der Waals surface area contributed by atoms with Crippen LogP contribution in [0, 0.1) is 11.6 Å². The lowest BCUT2D eigenvalue weighted by Gasteiger charge is -2.22. The molecule has 0 saturated heterocycles. The first-order valence-electron chi connectivity index (χ1n) is 14.4. The molecule has 1 aliphatic heterocycles. The van der Waals surface area contributed by atoms with Crippen molar-refractivity contribution in [2.24, 2.45) is 5.10 Å². The molecule has 3 aromatic carbocycles. The Bertz CT molecular complexity index is 1910. The predicted octanol–water partition coefficient (Wildman–Crippen LogP) is 6.02. The summed E-state index contributed by atoms with van der Waals surface area (Å²) in [5.74, 6) is -0.241. The minimum Gasteiger partial charge on any atom is -0.493 e. The summed E-state index contributed by atoms with van der Waals surface area (Å²) in [4.78, 5) is 27.7. The van der Waals surface area contributed by atoms with Gasteiger partial charge in [-0.25, -0.2) is 13.8 Å². The van der Waals surface area contributed by atoms with E-state index in [1.807, 2.05) is 17.5 Å². The average molecular weight is 675 g/mol. The number of carbonyl (C=O) groups is 2. The first kappa shape index (κ1) is 31.9. The molecule has 10 nitrogen and oxygen atoms in total. The van der Waals surface area contributed by atoms with Crippen LogP contribution in [0.5, 0.6) is 11.5 Å². The highest BCUT2D eigenvalue weighted by Gasteiger charge is 2.34. The summed E-state index contributed by atoms with van der Waals surface area (Å²) < 4.78 is 39.8. The summed E-state index contributed by atoms with van der Waals surface area (Å²) in [5, 5.41) is 19.8. The van der Waals surface area contributed by atoms with Gasteiger partial charge in [-0.1, -0.05) is 30.0 Å². The molecule has 1 N–H and O–H groups in total. The Balaban J connectivity index is 1.22. The molecule has 0 saturated carbocycles. The van der Waals surface area contributed by atoms with Gasteiger partial charge >= 0.3 is 0 Å². The molecule has 14 heteroatoms. The predicted molar refractivity (Wildman–Crippen MR) is 174 cm³/mol. The number of hydrogen-bond acceptors (Lipinski definition) is 9. The van der Waals surface area contributed by atoms with E-state index in [1.54, 1.807) is 47.0 Å². The largest absolute Gasteiger partial charge is 0.493 e. The number of carbonyl (C=O) groups excluding carboxylic acids is 2. The molecular weight excluding hydrogens is 647 g/mol. The monoisotopic (exact) mass is 674 g/mol. The summed E-state index contributed by atoms with van der Waals surface area (Å²) in [6, 6.07) is 20.1. The number of nitrogens with zero attached hydrogens (tertiary/aromatic N) is 5. The highest BCUT2D eigenvalue weighted by molar-refractivity contribution is 7.99. The van der Waals surface area contributed by atoms with Gasteiger partial charge in [0.1, 0.15) is 11.6 Å². The van der Waals surface area contributed by atoms with Crippen LogP contribution in [-0.4, -0.2) is 57.3 Å². The fourth-order valence-corrected chi connectivity index (χ4v) is 6.61. The minimum absolute atomic E-state index is 0.0146. The van der Waals surface area contributed by atoms with Crippen molar-refractivity contribution in [3.8, 4) is 17.2 Å². The molecule has 0 unspecified atom stereocenters. The average Bonchev–Trinajstić information content (AvgIpc) is 3.87. The maximum atomic E-state index is 13.8. The second kappa shape index (κ2) is 14.1. The molecule has 47 heavy (non-hydrogen) atoms. The number of amides is 2. The van der Waals surface area contributed by atoms with E-state index >= 15 is 0 Å². The number of benzene rings is 3. The lowest BCUT2D eigenvalue weighted by Crippen LogP contribution is -2.28. The maximum Gasteiger partial charge on any atom is 0.253 e. The van der Waals surface area contributed by atoms with Crippen LogP contribution in [0.2, 0.25) is 0 Å². The van der Waals surface area contributed by atoms with Gasteiger partial charge in [0, 0.05) is 17.7 Å². The van der Waals surface area contributed by atoms with Crippen LogP contribution in [0.15, 0.2) is 94.5 Å². The number of thiophene rings is 1. The zero-order valence-corrected chi connectivity index (χ0v) is 26.9. The molecule has 0 spiro atoms. The number of aromatic nitrogens is 3. The number of rotatable bonds is 11. The molecule has 5 aromatic rings. The van der Waals surface area contributed by atoms with Crippen molar-refractivity contribution in [1.82, 2.24) is 25.1 Å². The van der Waals surface area contributed by atoms with Crippen LogP contribution in [0.1, 0.15) is 39.1 Å². The summed E-state index contributed by atoms with van der Waals surface area (Å²) in [7, 11) is 2.99. The van der Waals surface area contributed by atoms with Crippen LogP contribution in [0.4, 0.5) is 8.78 Å².